The fourth-order valence-corrected chi connectivity index (χ4v) is 4.94. The molecular formula is C24H22BrClN2O4. The number of amides is 1. The molecule has 0 saturated carbocycles. The lowest BCUT2D eigenvalue weighted by Gasteiger charge is -2.29. The van der Waals surface area contributed by atoms with Crippen LogP contribution in [0.2, 0.25) is 5.02 Å². The first-order chi connectivity index (χ1) is 15.5. The summed E-state index contributed by atoms with van der Waals surface area (Å²) in [4.78, 5) is 31.0. The summed E-state index contributed by atoms with van der Waals surface area (Å²) in [6.45, 7) is 4.67. The Hall–Kier alpha value is -2.19. The van der Waals surface area contributed by atoms with E-state index in [2.05, 4.69) is 20.8 Å². The Morgan fingerprint density at radius 3 is 2.53 bits per heavy atom. The minimum absolute atomic E-state index is 0.129. The maximum Gasteiger partial charge on any atom is 0.290 e. The third-order valence-electron chi connectivity index (χ3n) is 6.09. The summed E-state index contributed by atoms with van der Waals surface area (Å²) >= 11 is 9.60. The second-order valence-corrected chi connectivity index (χ2v) is 9.43. The summed E-state index contributed by atoms with van der Waals surface area (Å²) in [5, 5.41) is 0.845. The van der Waals surface area contributed by atoms with Gasteiger partial charge in [-0.3, -0.25) is 14.5 Å². The Morgan fingerprint density at radius 2 is 1.78 bits per heavy atom. The van der Waals surface area contributed by atoms with Crippen LogP contribution in [0.4, 0.5) is 0 Å². The van der Waals surface area contributed by atoms with Gasteiger partial charge in [-0.1, -0.05) is 39.7 Å². The van der Waals surface area contributed by atoms with Crippen molar-refractivity contribution in [2.75, 3.05) is 39.4 Å². The zero-order chi connectivity index (χ0) is 22.2. The van der Waals surface area contributed by atoms with E-state index in [4.69, 9.17) is 20.8 Å². The second-order valence-electron chi connectivity index (χ2n) is 8.07. The van der Waals surface area contributed by atoms with Crippen LogP contribution in [0.5, 0.6) is 0 Å². The van der Waals surface area contributed by atoms with Crippen LogP contribution in [-0.4, -0.2) is 55.1 Å². The van der Waals surface area contributed by atoms with E-state index in [1.165, 1.54) is 0 Å². The van der Waals surface area contributed by atoms with Gasteiger partial charge < -0.3 is 14.1 Å². The van der Waals surface area contributed by atoms with Gasteiger partial charge in [-0.2, -0.15) is 0 Å². The Labute approximate surface area is 198 Å². The van der Waals surface area contributed by atoms with E-state index < -0.39 is 6.04 Å². The number of ether oxygens (including phenoxy) is 1. The Morgan fingerprint density at radius 1 is 1.03 bits per heavy atom. The number of halogens is 2. The smallest absolute Gasteiger partial charge is 0.290 e. The fourth-order valence-electron chi connectivity index (χ4n) is 4.50. The molecule has 32 heavy (non-hydrogen) atoms. The van der Waals surface area contributed by atoms with Crippen LogP contribution in [-0.2, 0) is 4.74 Å². The number of carbonyl (C=O) groups is 1. The number of morpholine rings is 1. The van der Waals surface area contributed by atoms with Crippen molar-refractivity contribution in [3.05, 3.63) is 79.1 Å². The van der Waals surface area contributed by atoms with Crippen molar-refractivity contribution >= 4 is 44.4 Å². The number of hydrogen-bond acceptors (Lipinski definition) is 5. The Balaban J connectivity index is 1.53. The van der Waals surface area contributed by atoms with Crippen molar-refractivity contribution < 1.29 is 13.9 Å². The van der Waals surface area contributed by atoms with Crippen LogP contribution in [0.25, 0.3) is 11.0 Å². The Bertz CT molecular complexity index is 1220. The highest BCUT2D eigenvalue weighted by atomic mass is 79.9. The van der Waals surface area contributed by atoms with E-state index in [-0.39, 0.29) is 17.1 Å². The summed E-state index contributed by atoms with van der Waals surface area (Å²) < 4.78 is 12.3. The van der Waals surface area contributed by atoms with E-state index >= 15 is 0 Å². The minimum Gasteiger partial charge on any atom is -0.450 e. The van der Waals surface area contributed by atoms with Crippen molar-refractivity contribution in [3.8, 4) is 0 Å². The molecule has 0 radical (unpaired) electrons. The van der Waals surface area contributed by atoms with Crippen LogP contribution >= 0.6 is 27.5 Å². The van der Waals surface area contributed by atoms with E-state index in [9.17, 15) is 9.59 Å². The molecule has 3 heterocycles. The van der Waals surface area contributed by atoms with Crippen LogP contribution in [0.15, 0.2) is 56.1 Å². The molecule has 2 aromatic carbocycles. The first-order valence-corrected chi connectivity index (χ1v) is 11.8. The number of hydrogen-bond donors (Lipinski definition) is 0. The normalized spacial score (nSPS) is 19.0. The third-order valence-corrected chi connectivity index (χ3v) is 6.85. The van der Waals surface area contributed by atoms with Crippen LogP contribution in [0.1, 0.15) is 34.1 Å². The predicted molar refractivity (Wildman–Crippen MR) is 126 cm³/mol. The quantitative estimate of drug-likeness (QED) is 0.499. The molecule has 0 N–H and O–H groups in total. The molecule has 8 heteroatoms. The van der Waals surface area contributed by atoms with Gasteiger partial charge in [0.2, 0.25) is 5.76 Å². The van der Waals surface area contributed by atoms with Gasteiger partial charge >= 0.3 is 0 Å². The monoisotopic (exact) mass is 516 g/mol. The molecule has 0 spiro atoms. The third kappa shape index (κ3) is 3.99. The molecule has 166 valence electrons. The fraction of sp³-hybridized carbons (Fsp3) is 0.333. The molecule has 0 aliphatic carbocycles. The van der Waals surface area contributed by atoms with Crippen molar-refractivity contribution in [3.63, 3.8) is 0 Å². The van der Waals surface area contributed by atoms with Gasteiger partial charge in [0.1, 0.15) is 5.58 Å². The summed E-state index contributed by atoms with van der Waals surface area (Å²) in [5.74, 6) is -0.118. The average Bonchev–Trinajstić information content (AvgIpc) is 3.08. The largest absolute Gasteiger partial charge is 0.450 e. The molecular weight excluding hydrogens is 496 g/mol. The standard InChI is InChI=1S/C24H22BrClN2O4/c25-16-4-2-15(3-5-16)21-20-22(29)18-14-17(26)6-7-19(18)32-23(20)24(30)28(21)9-1-8-27-10-12-31-13-11-27/h2-7,14,21H,1,8-13H2. The van der Waals surface area contributed by atoms with Gasteiger partial charge in [0.15, 0.2) is 5.43 Å². The van der Waals surface area contributed by atoms with Gasteiger partial charge in [-0.05, 0) is 42.3 Å². The lowest BCUT2D eigenvalue weighted by Crippen LogP contribution is -2.38. The number of nitrogens with zero attached hydrogens (tertiary/aromatic N) is 2. The van der Waals surface area contributed by atoms with Gasteiger partial charge in [0.25, 0.3) is 5.91 Å². The molecule has 1 unspecified atom stereocenters. The Kier molecular flexibility index (Phi) is 6.07. The first-order valence-electron chi connectivity index (χ1n) is 10.7. The van der Waals surface area contributed by atoms with E-state index in [1.807, 2.05) is 24.3 Å². The number of rotatable bonds is 5. The summed E-state index contributed by atoms with van der Waals surface area (Å²) in [6.07, 6.45) is 0.798. The van der Waals surface area contributed by atoms with Crippen molar-refractivity contribution in [1.82, 2.24) is 9.80 Å². The molecule has 0 bridgehead atoms. The van der Waals surface area contributed by atoms with Crippen molar-refractivity contribution in [1.29, 1.82) is 0 Å². The molecule has 1 aromatic heterocycles. The molecule has 5 rings (SSSR count). The number of carbonyl (C=O) groups excluding carboxylic acids is 1. The highest BCUT2D eigenvalue weighted by Crippen LogP contribution is 2.38. The van der Waals surface area contributed by atoms with E-state index in [0.29, 0.717) is 28.1 Å². The zero-order valence-corrected chi connectivity index (χ0v) is 19.7. The van der Waals surface area contributed by atoms with Gasteiger partial charge in [0.05, 0.1) is 30.2 Å². The number of benzene rings is 2. The lowest BCUT2D eigenvalue weighted by molar-refractivity contribution is 0.0353. The molecule has 1 atom stereocenters. The SMILES string of the molecule is O=C1c2oc3ccc(Cl)cc3c(=O)c2C(c2ccc(Br)cc2)N1CCCN1CCOCC1. The van der Waals surface area contributed by atoms with Gasteiger partial charge in [0, 0.05) is 35.7 Å². The minimum atomic E-state index is -0.491. The highest BCUT2D eigenvalue weighted by Gasteiger charge is 2.42. The van der Waals surface area contributed by atoms with Crippen molar-refractivity contribution in [2.45, 2.75) is 12.5 Å². The van der Waals surface area contributed by atoms with Crippen LogP contribution < -0.4 is 5.43 Å². The predicted octanol–water partition coefficient (Wildman–Crippen LogP) is 4.48. The van der Waals surface area contributed by atoms with E-state index in [0.717, 1.165) is 49.3 Å². The first kappa shape index (κ1) is 21.6. The molecule has 2 aliphatic heterocycles. The molecule has 6 nitrogen and oxygen atoms in total. The molecule has 2 aliphatic rings. The van der Waals surface area contributed by atoms with E-state index in [1.54, 1.807) is 23.1 Å². The molecule has 1 amide bonds. The molecule has 3 aromatic rings. The van der Waals surface area contributed by atoms with Gasteiger partial charge in [-0.15, -0.1) is 0 Å². The molecule has 1 saturated heterocycles. The summed E-state index contributed by atoms with van der Waals surface area (Å²) in [7, 11) is 0. The van der Waals surface area contributed by atoms with Crippen molar-refractivity contribution in [2.24, 2.45) is 0 Å². The zero-order valence-electron chi connectivity index (χ0n) is 17.4. The summed E-state index contributed by atoms with van der Waals surface area (Å²) in [5.41, 5.74) is 1.43. The van der Waals surface area contributed by atoms with Gasteiger partial charge in [-0.25, -0.2) is 0 Å². The maximum absolute atomic E-state index is 13.5. The van der Waals surface area contributed by atoms with Crippen LogP contribution in [0, 0.1) is 0 Å². The average molecular weight is 518 g/mol. The second kappa shape index (κ2) is 8.98. The number of fused-ring (bicyclic) bond motifs is 2. The highest BCUT2D eigenvalue weighted by molar-refractivity contribution is 9.10. The maximum atomic E-state index is 13.5. The lowest BCUT2D eigenvalue weighted by atomic mass is 9.98. The summed E-state index contributed by atoms with van der Waals surface area (Å²) in [6, 6.07) is 12.1. The molecule has 1 fully saturated rings. The topological polar surface area (TPSA) is 63.0 Å². The van der Waals surface area contributed by atoms with Crippen LogP contribution in [0.3, 0.4) is 0 Å².